The number of hydrogen-bond acceptors (Lipinski definition) is 6. The minimum atomic E-state index is 0.248. The number of benzene rings is 2. The van der Waals surface area contributed by atoms with Gasteiger partial charge in [0.25, 0.3) is 0 Å². The first-order chi connectivity index (χ1) is 17.8. The van der Waals surface area contributed by atoms with Crippen molar-refractivity contribution < 1.29 is 9.47 Å². The number of anilines is 3. The molecule has 2 heterocycles. The van der Waals surface area contributed by atoms with Crippen LogP contribution in [0.15, 0.2) is 91.4 Å². The predicted octanol–water partition coefficient (Wildman–Crippen LogP) is 6.76. The zero-order valence-corrected chi connectivity index (χ0v) is 20.6. The van der Waals surface area contributed by atoms with E-state index in [1.54, 1.807) is 13.3 Å². The molecule has 1 saturated carbocycles. The molecular formula is C30H32N4O2. The highest BCUT2D eigenvalue weighted by Crippen LogP contribution is 2.37. The van der Waals surface area contributed by atoms with Gasteiger partial charge >= 0.3 is 0 Å². The standard InChI is InChI=1S/C30H32N4O2/c1-35-28-15-13-25(18-29(28)36-27-11-5-6-12-27)34(22-24-10-7-17-31-19-24)26-14-16-30(33-21-26)32-20-23-8-3-2-4-9-23/h2-4,7-10,13-19,21,27H,5-6,11-12,20,22H2,1H3,(H,32,33). The smallest absolute Gasteiger partial charge is 0.163 e. The number of nitrogens with zero attached hydrogens (tertiary/aromatic N) is 3. The van der Waals surface area contributed by atoms with E-state index in [0.29, 0.717) is 6.54 Å². The van der Waals surface area contributed by atoms with Crippen LogP contribution in [0.2, 0.25) is 0 Å². The first-order valence-corrected chi connectivity index (χ1v) is 12.5. The monoisotopic (exact) mass is 480 g/mol. The van der Waals surface area contributed by atoms with Gasteiger partial charge in [0.1, 0.15) is 5.82 Å². The van der Waals surface area contributed by atoms with E-state index >= 15 is 0 Å². The molecule has 36 heavy (non-hydrogen) atoms. The van der Waals surface area contributed by atoms with Gasteiger partial charge in [0.2, 0.25) is 0 Å². The fourth-order valence-electron chi connectivity index (χ4n) is 4.56. The molecule has 0 radical (unpaired) electrons. The number of hydrogen-bond donors (Lipinski definition) is 1. The lowest BCUT2D eigenvalue weighted by molar-refractivity contribution is 0.201. The summed E-state index contributed by atoms with van der Waals surface area (Å²) in [6, 6.07) is 24.6. The molecular weight excluding hydrogens is 448 g/mol. The van der Waals surface area contributed by atoms with E-state index in [1.807, 2.05) is 48.8 Å². The van der Waals surface area contributed by atoms with Crippen LogP contribution in [0, 0.1) is 0 Å². The Labute approximate surface area is 212 Å². The zero-order chi connectivity index (χ0) is 24.6. The quantitative estimate of drug-likeness (QED) is 0.271. The maximum atomic E-state index is 6.38. The highest BCUT2D eigenvalue weighted by atomic mass is 16.5. The summed E-state index contributed by atoms with van der Waals surface area (Å²) >= 11 is 0. The second-order valence-corrected chi connectivity index (χ2v) is 9.05. The minimum absolute atomic E-state index is 0.248. The van der Waals surface area contributed by atoms with E-state index in [4.69, 9.17) is 14.5 Å². The van der Waals surface area contributed by atoms with Crippen molar-refractivity contribution in [2.45, 2.75) is 44.9 Å². The maximum absolute atomic E-state index is 6.38. The van der Waals surface area contributed by atoms with Crippen LogP contribution in [0.1, 0.15) is 36.8 Å². The second kappa shape index (κ2) is 11.6. The molecule has 2 aromatic heterocycles. The summed E-state index contributed by atoms with van der Waals surface area (Å²) in [5.41, 5.74) is 4.33. The number of rotatable bonds is 10. The number of aromatic nitrogens is 2. The van der Waals surface area contributed by atoms with Gasteiger partial charge < -0.3 is 19.7 Å². The van der Waals surface area contributed by atoms with Crippen molar-refractivity contribution >= 4 is 17.2 Å². The molecule has 2 aromatic carbocycles. The van der Waals surface area contributed by atoms with Crippen LogP contribution in [0.3, 0.4) is 0 Å². The van der Waals surface area contributed by atoms with Gasteiger partial charge in [0.05, 0.1) is 25.1 Å². The van der Waals surface area contributed by atoms with Crippen molar-refractivity contribution in [3.8, 4) is 11.5 Å². The van der Waals surface area contributed by atoms with Gasteiger partial charge in [-0.3, -0.25) is 4.98 Å². The average molecular weight is 481 g/mol. The topological polar surface area (TPSA) is 59.5 Å². The van der Waals surface area contributed by atoms with Gasteiger partial charge in [-0.2, -0.15) is 0 Å². The molecule has 0 unspecified atom stereocenters. The number of nitrogens with one attached hydrogen (secondary N) is 1. The summed E-state index contributed by atoms with van der Waals surface area (Å²) in [5.74, 6) is 2.38. The third-order valence-corrected chi connectivity index (χ3v) is 6.49. The molecule has 0 bridgehead atoms. The zero-order valence-electron chi connectivity index (χ0n) is 20.6. The number of methoxy groups -OCH3 is 1. The van der Waals surface area contributed by atoms with Crippen molar-refractivity contribution in [3.05, 3.63) is 103 Å². The Morgan fingerprint density at radius 2 is 1.67 bits per heavy atom. The van der Waals surface area contributed by atoms with E-state index in [1.165, 1.54) is 18.4 Å². The normalized spacial score (nSPS) is 13.4. The molecule has 6 nitrogen and oxygen atoms in total. The van der Waals surface area contributed by atoms with Crippen LogP contribution in [-0.4, -0.2) is 23.2 Å². The molecule has 1 aliphatic carbocycles. The van der Waals surface area contributed by atoms with E-state index in [9.17, 15) is 0 Å². The van der Waals surface area contributed by atoms with Gasteiger partial charge in [-0.15, -0.1) is 0 Å². The fraction of sp³-hybridized carbons (Fsp3) is 0.267. The van der Waals surface area contributed by atoms with Crippen LogP contribution in [0.5, 0.6) is 11.5 Å². The van der Waals surface area contributed by atoms with Crippen molar-refractivity contribution in [1.82, 2.24) is 9.97 Å². The summed E-state index contributed by atoms with van der Waals surface area (Å²) in [6.45, 7) is 1.38. The van der Waals surface area contributed by atoms with Crippen molar-refractivity contribution in [2.24, 2.45) is 0 Å². The Balaban J connectivity index is 1.41. The molecule has 184 valence electrons. The van der Waals surface area contributed by atoms with Gasteiger partial charge in [-0.1, -0.05) is 36.4 Å². The van der Waals surface area contributed by atoms with E-state index in [2.05, 4.69) is 51.6 Å². The largest absolute Gasteiger partial charge is 0.493 e. The summed E-state index contributed by atoms with van der Waals surface area (Å²) < 4.78 is 12.0. The van der Waals surface area contributed by atoms with Crippen molar-refractivity contribution in [3.63, 3.8) is 0 Å². The molecule has 6 heteroatoms. The first-order valence-electron chi connectivity index (χ1n) is 12.5. The lowest BCUT2D eigenvalue weighted by Crippen LogP contribution is -2.18. The Morgan fingerprint density at radius 1 is 0.861 bits per heavy atom. The number of ether oxygens (including phenoxy) is 2. The lowest BCUT2D eigenvalue weighted by Gasteiger charge is -2.26. The Kier molecular flexibility index (Phi) is 7.61. The molecule has 1 aliphatic rings. The summed E-state index contributed by atoms with van der Waals surface area (Å²) in [4.78, 5) is 11.2. The lowest BCUT2D eigenvalue weighted by atomic mass is 10.2. The molecule has 0 atom stereocenters. The molecule has 1 N–H and O–H groups in total. The van der Waals surface area contributed by atoms with Gasteiger partial charge in [-0.05, 0) is 67.1 Å². The van der Waals surface area contributed by atoms with Crippen LogP contribution in [0.4, 0.5) is 17.2 Å². The summed E-state index contributed by atoms with van der Waals surface area (Å²) in [5, 5.41) is 3.40. The Morgan fingerprint density at radius 3 is 2.39 bits per heavy atom. The molecule has 1 fully saturated rings. The van der Waals surface area contributed by atoms with Gasteiger partial charge in [-0.25, -0.2) is 4.98 Å². The fourth-order valence-corrected chi connectivity index (χ4v) is 4.56. The molecule has 4 aromatic rings. The van der Waals surface area contributed by atoms with E-state index < -0.39 is 0 Å². The van der Waals surface area contributed by atoms with Crippen LogP contribution >= 0.6 is 0 Å². The van der Waals surface area contributed by atoms with Crippen molar-refractivity contribution in [2.75, 3.05) is 17.3 Å². The minimum Gasteiger partial charge on any atom is -0.493 e. The van der Waals surface area contributed by atoms with Gasteiger partial charge in [0.15, 0.2) is 11.5 Å². The van der Waals surface area contributed by atoms with Crippen LogP contribution in [0.25, 0.3) is 0 Å². The van der Waals surface area contributed by atoms with E-state index in [-0.39, 0.29) is 6.10 Å². The van der Waals surface area contributed by atoms with Gasteiger partial charge in [0, 0.05) is 37.2 Å². The highest BCUT2D eigenvalue weighted by Gasteiger charge is 2.20. The third kappa shape index (κ3) is 5.95. The Hall–Kier alpha value is -4.06. The molecule has 0 amide bonds. The molecule has 0 aliphatic heterocycles. The van der Waals surface area contributed by atoms with E-state index in [0.717, 1.165) is 53.6 Å². The molecule has 0 spiro atoms. The molecule has 5 rings (SSSR count). The average Bonchev–Trinajstić information content (AvgIpc) is 3.45. The van der Waals surface area contributed by atoms with Crippen LogP contribution in [-0.2, 0) is 13.1 Å². The molecule has 0 saturated heterocycles. The second-order valence-electron chi connectivity index (χ2n) is 9.05. The van der Waals surface area contributed by atoms with Crippen LogP contribution < -0.4 is 19.7 Å². The maximum Gasteiger partial charge on any atom is 0.163 e. The SMILES string of the molecule is COc1ccc(N(Cc2cccnc2)c2ccc(NCc3ccccc3)nc2)cc1OC1CCCC1. The highest BCUT2D eigenvalue weighted by molar-refractivity contribution is 5.67. The Bertz CT molecular complexity index is 1230. The summed E-state index contributed by atoms with van der Waals surface area (Å²) in [6.07, 6.45) is 10.5. The third-order valence-electron chi connectivity index (χ3n) is 6.49. The van der Waals surface area contributed by atoms with Crippen molar-refractivity contribution in [1.29, 1.82) is 0 Å². The number of pyridine rings is 2. The summed E-state index contributed by atoms with van der Waals surface area (Å²) in [7, 11) is 1.69. The first kappa shape index (κ1) is 23.7. The predicted molar refractivity (Wildman–Crippen MR) is 144 cm³/mol.